The molecule has 0 aromatic carbocycles. The van der Waals surface area contributed by atoms with Crippen LogP contribution in [0.5, 0.6) is 0 Å². The second kappa shape index (κ2) is 10.9. The number of likely N-dealkylation sites (N-methyl/N-ethyl adjacent to an activating group) is 1. The lowest BCUT2D eigenvalue weighted by atomic mass is 10.00. The van der Waals surface area contributed by atoms with Crippen molar-refractivity contribution >= 4 is 47.2 Å². The van der Waals surface area contributed by atoms with Crippen LogP contribution in [0, 0.1) is 5.92 Å². The maximum absolute atomic E-state index is 11.8. The molecule has 0 aliphatic carbocycles. The number of likely N-dealkylation sites (tertiary alicyclic amines) is 1. The fourth-order valence-corrected chi connectivity index (χ4v) is 3.23. The van der Waals surface area contributed by atoms with Crippen LogP contribution in [0.1, 0.15) is 24.6 Å². The number of rotatable bonds is 5. The van der Waals surface area contributed by atoms with Gasteiger partial charge in [0.05, 0.1) is 0 Å². The van der Waals surface area contributed by atoms with Gasteiger partial charge in [-0.3, -0.25) is 4.79 Å². The Balaban J connectivity index is 0.00000288. The number of carbonyl (C=O) groups is 1. The van der Waals surface area contributed by atoms with E-state index in [4.69, 9.17) is 0 Å². The minimum atomic E-state index is 0. The largest absolute Gasteiger partial charge is 0.356 e. The fourth-order valence-electron chi connectivity index (χ4n) is 2.52. The number of hydrogen-bond acceptors (Lipinski definition) is 3. The monoisotopic (exact) mass is 464 g/mol. The zero-order chi connectivity index (χ0) is 16.7. The second-order valence-electron chi connectivity index (χ2n) is 6.35. The minimum absolute atomic E-state index is 0. The molecule has 0 saturated carbocycles. The molecule has 0 bridgehead atoms. The van der Waals surface area contributed by atoms with Crippen LogP contribution in [-0.4, -0.2) is 61.9 Å². The predicted molar refractivity (Wildman–Crippen MR) is 112 cm³/mol. The summed E-state index contributed by atoms with van der Waals surface area (Å²) in [4.78, 5) is 21.6. The number of amides is 1. The van der Waals surface area contributed by atoms with Crippen molar-refractivity contribution in [2.24, 2.45) is 10.9 Å². The van der Waals surface area contributed by atoms with Crippen molar-refractivity contribution in [1.29, 1.82) is 0 Å². The number of piperidine rings is 1. The number of nitrogens with one attached hydrogen (secondary N) is 1. The summed E-state index contributed by atoms with van der Waals surface area (Å²) in [6.45, 7) is 5.39. The van der Waals surface area contributed by atoms with Gasteiger partial charge in [-0.2, -0.15) is 0 Å². The summed E-state index contributed by atoms with van der Waals surface area (Å²) < 4.78 is 0. The third kappa shape index (κ3) is 6.96. The topological polar surface area (TPSA) is 47.9 Å². The Labute approximate surface area is 166 Å². The number of carbonyl (C=O) groups excluding carboxylic acids is 1. The smallest absolute Gasteiger partial charge is 0.243 e. The van der Waals surface area contributed by atoms with Crippen LogP contribution in [0.3, 0.4) is 0 Å². The first-order valence-corrected chi connectivity index (χ1v) is 9.20. The molecule has 1 N–H and O–H groups in total. The molecular formula is C17H29IN4OS. The highest BCUT2D eigenvalue weighted by Gasteiger charge is 2.19. The van der Waals surface area contributed by atoms with E-state index >= 15 is 0 Å². The lowest BCUT2D eigenvalue weighted by Gasteiger charge is -2.33. The molecule has 0 atom stereocenters. The second-order valence-corrected chi connectivity index (χ2v) is 7.39. The minimum Gasteiger partial charge on any atom is -0.356 e. The van der Waals surface area contributed by atoms with Crippen molar-refractivity contribution in [2.45, 2.75) is 26.2 Å². The summed E-state index contributed by atoms with van der Waals surface area (Å²) in [5.74, 6) is 1.69. The molecule has 2 heterocycles. The van der Waals surface area contributed by atoms with Crippen LogP contribution in [0.2, 0.25) is 0 Å². The molecule has 24 heavy (non-hydrogen) atoms. The van der Waals surface area contributed by atoms with Crippen LogP contribution in [0.25, 0.3) is 0 Å². The van der Waals surface area contributed by atoms with Crippen molar-refractivity contribution in [3.63, 3.8) is 0 Å². The molecule has 0 radical (unpaired) electrons. The molecule has 2 rings (SSSR count). The third-order valence-electron chi connectivity index (χ3n) is 4.18. The van der Waals surface area contributed by atoms with Gasteiger partial charge in [-0.1, -0.05) is 13.0 Å². The third-order valence-corrected chi connectivity index (χ3v) is 5.12. The molecule has 1 saturated heterocycles. The van der Waals surface area contributed by atoms with E-state index in [2.05, 4.69) is 39.6 Å². The lowest BCUT2D eigenvalue weighted by molar-refractivity contribution is -0.127. The lowest BCUT2D eigenvalue weighted by Crippen LogP contribution is -2.46. The Morgan fingerprint density at radius 2 is 2.12 bits per heavy atom. The van der Waals surface area contributed by atoms with Crippen LogP contribution >= 0.6 is 35.3 Å². The van der Waals surface area contributed by atoms with E-state index < -0.39 is 0 Å². The Morgan fingerprint density at radius 1 is 1.42 bits per heavy atom. The van der Waals surface area contributed by atoms with E-state index in [1.54, 1.807) is 30.3 Å². The molecular weight excluding hydrogens is 435 g/mol. The van der Waals surface area contributed by atoms with Crippen molar-refractivity contribution in [1.82, 2.24) is 15.1 Å². The molecule has 7 heteroatoms. The summed E-state index contributed by atoms with van der Waals surface area (Å²) in [5.41, 5.74) is 0. The summed E-state index contributed by atoms with van der Waals surface area (Å²) in [6, 6.07) is 4.23. The number of aliphatic imine (C=N–C) groups is 1. The molecule has 0 unspecified atom stereocenters. The normalized spacial score (nSPS) is 15.8. The summed E-state index contributed by atoms with van der Waals surface area (Å²) in [7, 11) is 3.54. The standard InChI is InChI=1S/C17H28N4OS.HI/c1-14-7-10-21(11-8-14)17(19-13-16(22)20(2)3)18-9-6-15-5-4-12-23-15;/h4-5,12,14H,6-11,13H2,1-3H3,(H,18,19);1H. The van der Waals surface area contributed by atoms with Gasteiger partial charge in [0.25, 0.3) is 0 Å². The summed E-state index contributed by atoms with van der Waals surface area (Å²) >= 11 is 1.78. The van der Waals surface area contributed by atoms with Gasteiger partial charge in [-0.05, 0) is 36.6 Å². The Morgan fingerprint density at radius 3 is 2.71 bits per heavy atom. The number of guanidine groups is 1. The number of hydrogen-bond donors (Lipinski definition) is 1. The predicted octanol–water partition coefficient (Wildman–Crippen LogP) is 2.67. The van der Waals surface area contributed by atoms with Gasteiger partial charge < -0.3 is 15.1 Å². The summed E-state index contributed by atoms with van der Waals surface area (Å²) in [5, 5.41) is 5.55. The van der Waals surface area contributed by atoms with Gasteiger partial charge in [-0.15, -0.1) is 35.3 Å². The first-order chi connectivity index (χ1) is 11.1. The highest BCUT2D eigenvalue weighted by molar-refractivity contribution is 14.0. The molecule has 1 aliphatic heterocycles. The van der Waals surface area contributed by atoms with Gasteiger partial charge >= 0.3 is 0 Å². The van der Waals surface area contributed by atoms with E-state index in [1.807, 2.05) is 0 Å². The Kier molecular flexibility index (Phi) is 9.65. The fraction of sp³-hybridized carbons (Fsp3) is 0.647. The van der Waals surface area contributed by atoms with Gasteiger partial charge in [0.15, 0.2) is 5.96 Å². The molecule has 1 fully saturated rings. The molecule has 1 aromatic rings. The van der Waals surface area contributed by atoms with E-state index in [9.17, 15) is 4.79 Å². The van der Waals surface area contributed by atoms with Crippen molar-refractivity contribution < 1.29 is 4.79 Å². The van der Waals surface area contributed by atoms with Crippen LogP contribution in [0.4, 0.5) is 0 Å². The van der Waals surface area contributed by atoms with Crippen molar-refractivity contribution in [3.05, 3.63) is 22.4 Å². The highest BCUT2D eigenvalue weighted by atomic mass is 127. The average molecular weight is 464 g/mol. The number of thiophene rings is 1. The van der Waals surface area contributed by atoms with Gasteiger partial charge in [0.1, 0.15) is 6.54 Å². The zero-order valence-corrected chi connectivity index (χ0v) is 18.0. The molecule has 1 amide bonds. The van der Waals surface area contributed by atoms with E-state index in [1.165, 1.54) is 17.7 Å². The SMILES string of the molecule is CC1CCN(C(=NCC(=O)N(C)C)NCCc2cccs2)CC1.I. The molecule has 136 valence electrons. The van der Waals surface area contributed by atoms with Gasteiger partial charge in [0.2, 0.25) is 5.91 Å². The van der Waals surface area contributed by atoms with Crippen LogP contribution in [-0.2, 0) is 11.2 Å². The molecule has 5 nitrogen and oxygen atoms in total. The first-order valence-electron chi connectivity index (χ1n) is 8.32. The molecule has 1 aromatic heterocycles. The first kappa shape index (κ1) is 21.2. The van der Waals surface area contributed by atoms with Crippen molar-refractivity contribution in [2.75, 3.05) is 40.3 Å². The maximum atomic E-state index is 11.8. The quantitative estimate of drug-likeness (QED) is 0.414. The highest BCUT2D eigenvalue weighted by Crippen LogP contribution is 2.16. The van der Waals surface area contributed by atoms with Crippen LogP contribution < -0.4 is 5.32 Å². The maximum Gasteiger partial charge on any atom is 0.243 e. The Bertz CT molecular complexity index is 511. The van der Waals surface area contributed by atoms with Crippen molar-refractivity contribution in [3.8, 4) is 0 Å². The van der Waals surface area contributed by atoms with E-state index in [-0.39, 0.29) is 36.4 Å². The van der Waals surface area contributed by atoms with Gasteiger partial charge in [-0.25, -0.2) is 4.99 Å². The Hall–Kier alpha value is -0.830. The van der Waals surface area contributed by atoms with Gasteiger partial charge in [0, 0.05) is 38.6 Å². The van der Waals surface area contributed by atoms with E-state index in [0.29, 0.717) is 0 Å². The van der Waals surface area contributed by atoms with E-state index in [0.717, 1.165) is 37.9 Å². The molecule has 1 aliphatic rings. The van der Waals surface area contributed by atoms with Crippen LogP contribution in [0.15, 0.2) is 22.5 Å². The average Bonchev–Trinajstić information content (AvgIpc) is 3.04. The zero-order valence-electron chi connectivity index (χ0n) is 14.8. The molecule has 0 spiro atoms. The number of halogens is 1. The summed E-state index contributed by atoms with van der Waals surface area (Å²) in [6.07, 6.45) is 3.36. The number of nitrogens with zero attached hydrogens (tertiary/aromatic N) is 3.